The van der Waals surface area contributed by atoms with Crippen LogP contribution in [0, 0.1) is 25.5 Å². The summed E-state index contributed by atoms with van der Waals surface area (Å²) < 4.78 is 27.6. The van der Waals surface area contributed by atoms with Gasteiger partial charge in [-0.05, 0) is 30.5 Å². The predicted molar refractivity (Wildman–Crippen MR) is 71.1 cm³/mol. The van der Waals surface area contributed by atoms with Gasteiger partial charge in [-0.25, -0.2) is 8.78 Å². The van der Waals surface area contributed by atoms with E-state index in [9.17, 15) is 8.78 Å². The van der Waals surface area contributed by atoms with Crippen molar-refractivity contribution < 1.29 is 18.8 Å². The van der Waals surface area contributed by atoms with Crippen molar-refractivity contribution in [2.45, 2.75) is 13.8 Å². The third-order valence-electron chi connectivity index (χ3n) is 3.21. The van der Waals surface area contributed by atoms with Crippen molar-refractivity contribution in [3.05, 3.63) is 53.1 Å². The lowest BCUT2D eigenvalue weighted by Gasteiger charge is -2.10. The molecule has 2 nitrogen and oxygen atoms in total. The van der Waals surface area contributed by atoms with Crippen LogP contribution in [-0.2, 0) is 0 Å². The highest BCUT2D eigenvalue weighted by atomic mass is 19.2. The van der Waals surface area contributed by atoms with Crippen molar-refractivity contribution in [1.29, 1.82) is 0 Å². The Morgan fingerprint density at radius 2 is 1.58 bits per heavy atom. The Balaban J connectivity index is 2.57. The molecule has 5 heteroatoms. The van der Waals surface area contributed by atoms with E-state index in [-0.39, 0.29) is 5.56 Å². The molecule has 2 rings (SSSR count). The minimum atomic E-state index is -2.02. The molecule has 0 atom stereocenters. The van der Waals surface area contributed by atoms with Crippen LogP contribution in [0.25, 0.3) is 11.1 Å². The van der Waals surface area contributed by atoms with Crippen molar-refractivity contribution in [3.63, 3.8) is 0 Å². The summed E-state index contributed by atoms with van der Waals surface area (Å²) in [7, 11) is -2.02. The first kappa shape index (κ1) is 13.7. The van der Waals surface area contributed by atoms with E-state index in [0.717, 1.165) is 11.1 Å². The van der Waals surface area contributed by atoms with Gasteiger partial charge in [0.2, 0.25) is 0 Å². The van der Waals surface area contributed by atoms with Crippen LogP contribution in [-0.4, -0.2) is 17.2 Å². The Kier molecular flexibility index (Phi) is 3.69. The molecule has 0 aliphatic rings. The van der Waals surface area contributed by atoms with Gasteiger partial charge in [0.05, 0.1) is 0 Å². The average molecular weight is 262 g/mol. The van der Waals surface area contributed by atoms with E-state index in [0.29, 0.717) is 5.56 Å². The van der Waals surface area contributed by atoms with Crippen molar-refractivity contribution >= 4 is 12.6 Å². The van der Waals surface area contributed by atoms with Gasteiger partial charge in [0.25, 0.3) is 0 Å². The van der Waals surface area contributed by atoms with Crippen LogP contribution in [0.2, 0.25) is 0 Å². The zero-order chi connectivity index (χ0) is 14.2. The van der Waals surface area contributed by atoms with Crippen LogP contribution >= 0.6 is 0 Å². The van der Waals surface area contributed by atoms with E-state index < -0.39 is 24.2 Å². The fourth-order valence-corrected chi connectivity index (χ4v) is 1.90. The zero-order valence-corrected chi connectivity index (χ0v) is 10.6. The fraction of sp³-hybridized carbons (Fsp3) is 0.143. The van der Waals surface area contributed by atoms with Gasteiger partial charge in [-0.2, -0.15) is 0 Å². The lowest BCUT2D eigenvalue weighted by Crippen LogP contribution is -2.33. The molecule has 2 aromatic carbocycles. The molecule has 0 amide bonds. The van der Waals surface area contributed by atoms with E-state index in [2.05, 4.69) is 0 Å². The maximum absolute atomic E-state index is 13.9. The van der Waals surface area contributed by atoms with E-state index in [1.165, 1.54) is 12.1 Å². The van der Waals surface area contributed by atoms with E-state index in [1.54, 1.807) is 12.1 Å². The lowest BCUT2D eigenvalue weighted by molar-refractivity contribution is 0.420. The summed E-state index contributed by atoms with van der Waals surface area (Å²) >= 11 is 0. The Morgan fingerprint density at radius 3 is 2.16 bits per heavy atom. The molecular weight excluding hydrogens is 249 g/mol. The quantitative estimate of drug-likeness (QED) is 0.812. The van der Waals surface area contributed by atoms with Gasteiger partial charge in [0, 0.05) is 11.0 Å². The molecule has 0 saturated carbocycles. The number of aryl methyl sites for hydroxylation is 2. The van der Waals surface area contributed by atoms with Crippen LogP contribution < -0.4 is 5.46 Å². The molecule has 0 heterocycles. The Morgan fingerprint density at radius 1 is 0.895 bits per heavy atom. The summed E-state index contributed by atoms with van der Waals surface area (Å²) in [6.07, 6.45) is 0. The molecular formula is C14H13BF2O2. The van der Waals surface area contributed by atoms with Crippen LogP contribution in [0.1, 0.15) is 11.1 Å². The van der Waals surface area contributed by atoms with Gasteiger partial charge in [0.15, 0.2) is 11.6 Å². The maximum atomic E-state index is 13.9. The molecule has 0 saturated heterocycles. The summed E-state index contributed by atoms with van der Waals surface area (Å²) in [5.74, 6) is -2.31. The van der Waals surface area contributed by atoms with Crippen LogP contribution in [0.4, 0.5) is 8.78 Å². The predicted octanol–water partition coefficient (Wildman–Crippen LogP) is 1.93. The molecule has 2 N–H and O–H groups in total. The molecule has 0 aliphatic heterocycles. The second-order valence-corrected chi connectivity index (χ2v) is 4.50. The molecule has 0 radical (unpaired) electrons. The van der Waals surface area contributed by atoms with Crippen LogP contribution in [0.5, 0.6) is 0 Å². The van der Waals surface area contributed by atoms with E-state index in [1.807, 2.05) is 19.9 Å². The number of hydrogen-bond donors (Lipinski definition) is 2. The average Bonchev–Trinajstić information content (AvgIpc) is 2.36. The normalized spacial score (nSPS) is 10.6. The first-order valence-electron chi connectivity index (χ1n) is 5.83. The first-order chi connectivity index (χ1) is 8.91. The van der Waals surface area contributed by atoms with Gasteiger partial charge < -0.3 is 10.0 Å². The highest BCUT2D eigenvalue weighted by molar-refractivity contribution is 6.58. The number of hydrogen-bond acceptors (Lipinski definition) is 2. The van der Waals surface area contributed by atoms with Gasteiger partial charge >= 0.3 is 7.12 Å². The van der Waals surface area contributed by atoms with E-state index >= 15 is 0 Å². The molecule has 0 bridgehead atoms. The Hall–Kier alpha value is -1.72. The van der Waals surface area contributed by atoms with Crippen molar-refractivity contribution in [3.8, 4) is 11.1 Å². The SMILES string of the molecule is Cc1ccc(-c2ccc(B(O)O)c(F)c2F)cc1C. The smallest absolute Gasteiger partial charge is 0.423 e. The molecule has 2 aromatic rings. The second-order valence-electron chi connectivity index (χ2n) is 4.50. The Bertz CT molecular complexity index is 627. The topological polar surface area (TPSA) is 40.5 Å². The zero-order valence-electron chi connectivity index (χ0n) is 10.6. The van der Waals surface area contributed by atoms with Crippen LogP contribution in [0.15, 0.2) is 30.3 Å². The highest BCUT2D eigenvalue weighted by Crippen LogP contribution is 2.25. The summed E-state index contributed by atoms with van der Waals surface area (Å²) in [6, 6.07) is 7.82. The molecule has 19 heavy (non-hydrogen) atoms. The molecule has 0 fully saturated rings. The minimum absolute atomic E-state index is 0.102. The summed E-state index contributed by atoms with van der Waals surface area (Å²) in [5.41, 5.74) is 2.23. The van der Waals surface area contributed by atoms with Gasteiger partial charge in [-0.1, -0.05) is 30.3 Å². The monoisotopic (exact) mass is 262 g/mol. The molecule has 98 valence electrons. The standard InChI is InChI=1S/C14H13BF2O2/c1-8-3-4-10(7-9(8)2)11-5-6-12(15(18)19)14(17)13(11)16/h3-7,18-19H,1-2H3. The maximum Gasteiger partial charge on any atom is 0.491 e. The first-order valence-corrected chi connectivity index (χ1v) is 5.83. The van der Waals surface area contributed by atoms with E-state index in [4.69, 9.17) is 10.0 Å². The van der Waals surface area contributed by atoms with Crippen molar-refractivity contribution in [2.24, 2.45) is 0 Å². The van der Waals surface area contributed by atoms with Gasteiger partial charge in [-0.15, -0.1) is 0 Å². The third kappa shape index (κ3) is 2.52. The minimum Gasteiger partial charge on any atom is -0.423 e. The number of rotatable bonds is 2. The molecule has 0 unspecified atom stereocenters. The largest absolute Gasteiger partial charge is 0.491 e. The second kappa shape index (κ2) is 5.11. The fourth-order valence-electron chi connectivity index (χ4n) is 1.90. The lowest BCUT2D eigenvalue weighted by atomic mass is 9.79. The highest BCUT2D eigenvalue weighted by Gasteiger charge is 2.22. The molecule has 0 aliphatic carbocycles. The van der Waals surface area contributed by atoms with Crippen LogP contribution in [0.3, 0.4) is 0 Å². The summed E-state index contributed by atoms with van der Waals surface area (Å²) in [4.78, 5) is 0. The molecule has 0 spiro atoms. The third-order valence-corrected chi connectivity index (χ3v) is 3.21. The number of halogens is 2. The van der Waals surface area contributed by atoms with Crippen molar-refractivity contribution in [2.75, 3.05) is 0 Å². The van der Waals surface area contributed by atoms with Crippen molar-refractivity contribution in [1.82, 2.24) is 0 Å². The van der Waals surface area contributed by atoms with Gasteiger partial charge in [-0.3, -0.25) is 0 Å². The molecule has 0 aromatic heterocycles. The summed E-state index contributed by atoms with van der Waals surface area (Å²) in [5, 5.41) is 17.8. The number of benzene rings is 2. The van der Waals surface area contributed by atoms with Gasteiger partial charge in [0.1, 0.15) is 0 Å². The summed E-state index contributed by atoms with van der Waals surface area (Å²) in [6.45, 7) is 3.82. The Labute approximate surface area is 110 Å².